The van der Waals surface area contributed by atoms with Crippen LogP contribution >= 0.6 is 23.2 Å². The highest BCUT2D eigenvalue weighted by molar-refractivity contribution is 6.42. The summed E-state index contributed by atoms with van der Waals surface area (Å²) in [6.45, 7) is 1.84. The summed E-state index contributed by atoms with van der Waals surface area (Å²) in [4.78, 5) is 0. The summed E-state index contributed by atoms with van der Waals surface area (Å²) in [6.07, 6.45) is 3.24. The van der Waals surface area contributed by atoms with Gasteiger partial charge in [-0.15, -0.1) is 0 Å². The Hall–Kier alpha value is -0.280. The second-order valence-electron chi connectivity index (χ2n) is 4.54. The van der Waals surface area contributed by atoms with Gasteiger partial charge in [0, 0.05) is 12.1 Å². The normalized spacial score (nSPS) is 17.4. The summed E-state index contributed by atoms with van der Waals surface area (Å²) in [5.41, 5.74) is 7.25. The van der Waals surface area contributed by atoms with E-state index in [0.29, 0.717) is 10.0 Å². The molecule has 0 bridgehead atoms. The van der Waals surface area contributed by atoms with Gasteiger partial charge in [-0.3, -0.25) is 0 Å². The second kappa shape index (κ2) is 4.92. The molecule has 4 heteroatoms. The molecule has 0 aliphatic heterocycles. The molecule has 0 radical (unpaired) electrons. The number of benzene rings is 1. The zero-order chi connectivity index (χ0) is 11.6. The van der Waals surface area contributed by atoms with Crippen LogP contribution in [0.25, 0.3) is 0 Å². The van der Waals surface area contributed by atoms with Crippen LogP contribution in [0.5, 0.6) is 0 Å². The molecule has 1 aliphatic rings. The number of nitrogens with one attached hydrogen (secondary N) is 1. The molecule has 88 valence electrons. The fourth-order valence-corrected chi connectivity index (χ4v) is 1.92. The third-order valence-corrected chi connectivity index (χ3v) is 3.68. The van der Waals surface area contributed by atoms with E-state index in [4.69, 9.17) is 28.9 Å². The maximum absolute atomic E-state index is 5.97. The van der Waals surface area contributed by atoms with Crippen LogP contribution in [0.4, 0.5) is 0 Å². The van der Waals surface area contributed by atoms with Crippen molar-refractivity contribution in [1.29, 1.82) is 0 Å². The highest BCUT2D eigenvalue weighted by atomic mass is 35.5. The van der Waals surface area contributed by atoms with E-state index in [1.54, 1.807) is 0 Å². The van der Waals surface area contributed by atoms with Gasteiger partial charge in [-0.25, -0.2) is 0 Å². The fourth-order valence-electron chi connectivity index (χ4n) is 1.60. The van der Waals surface area contributed by atoms with Crippen LogP contribution < -0.4 is 11.1 Å². The summed E-state index contributed by atoms with van der Waals surface area (Å²) in [7, 11) is 0. The molecular formula is C12H16Cl2N2. The van der Waals surface area contributed by atoms with Crippen molar-refractivity contribution in [2.45, 2.75) is 24.8 Å². The van der Waals surface area contributed by atoms with Crippen LogP contribution in [-0.2, 0) is 6.42 Å². The summed E-state index contributed by atoms with van der Waals surface area (Å²) in [5, 5.41) is 4.60. The van der Waals surface area contributed by atoms with Gasteiger partial charge in [-0.05, 0) is 43.5 Å². The molecule has 2 nitrogen and oxygen atoms in total. The van der Waals surface area contributed by atoms with Crippen LogP contribution in [0.3, 0.4) is 0 Å². The molecule has 2 rings (SSSR count). The van der Waals surface area contributed by atoms with Crippen molar-refractivity contribution in [1.82, 2.24) is 5.32 Å². The van der Waals surface area contributed by atoms with Crippen LogP contribution in [0.2, 0.25) is 10.0 Å². The molecule has 0 amide bonds. The van der Waals surface area contributed by atoms with Gasteiger partial charge in [0.25, 0.3) is 0 Å². The number of halogens is 2. The Labute approximate surface area is 106 Å². The quantitative estimate of drug-likeness (QED) is 0.798. The van der Waals surface area contributed by atoms with Crippen LogP contribution in [0.1, 0.15) is 18.4 Å². The van der Waals surface area contributed by atoms with E-state index in [9.17, 15) is 0 Å². The van der Waals surface area contributed by atoms with E-state index in [-0.39, 0.29) is 5.54 Å². The van der Waals surface area contributed by atoms with Crippen molar-refractivity contribution in [3.8, 4) is 0 Å². The Bertz CT molecular complexity index is 375. The summed E-state index contributed by atoms with van der Waals surface area (Å²) in [6, 6.07) is 5.76. The van der Waals surface area contributed by atoms with Crippen LogP contribution in [-0.4, -0.2) is 18.6 Å². The third kappa shape index (κ3) is 3.36. The highest BCUT2D eigenvalue weighted by Crippen LogP contribution is 2.30. The molecule has 1 aromatic rings. The monoisotopic (exact) mass is 258 g/mol. The predicted molar refractivity (Wildman–Crippen MR) is 69.2 cm³/mol. The Morgan fingerprint density at radius 2 is 2.00 bits per heavy atom. The van der Waals surface area contributed by atoms with Crippen molar-refractivity contribution >= 4 is 23.2 Å². The van der Waals surface area contributed by atoms with Gasteiger partial charge in [-0.1, -0.05) is 29.3 Å². The average Bonchev–Trinajstić information content (AvgIpc) is 2.97. The number of hydrogen-bond donors (Lipinski definition) is 2. The summed E-state index contributed by atoms with van der Waals surface area (Å²) in [5.74, 6) is 0. The molecular weight excluding hydrogens is 243 g/mol. The maximum atomic E-state index is 5.97. The zero-order valence-electron chi connectivity index (χ0n) is 9.10. The Kier molecular flexibility index (Phi) is 3.75. The lowest BCUT2D eigenvalue weighted by atomic mass is 10.1. The first kappa shape index (κ1) is 12.2. The van der Waals surface area contributed by atoms with E-state index in [2.05, 4.69) is 5.32 Å². The highest BCUT2D eigenvalue weighted by Gasteiger charge is 2.37. The Morgan fingerprint density at radius 3 is 2.62 bits per heavy atom. The predicted octanol–water partition coefficient (Wildman–Crippen LogP) is 2.62. The van der Waals surface area contributed by atoms with E-state index in [0.717, 1.165) is 32.4 Å². The largest absolute Gasteiger partial charge is 0.324 e. The van der Waals surface area contributed by atoms with Gasteiger partial charge in [0.15, 0.2) is 0 Å². The molecule has 0 unspecified atom stereocenters. The van der Waals surface area contributed by atoms with Gasteiger partial charge >= 0.3 is 0 Å². The van der Waals surface area contributed by atoms with Crippen LogP contribution in [0, 0.1) is 0 Å². The Morgan fingerprint density at radius 1 is 1.25 bits per heavy atom. The van der Waals surface area contributed by atoms with Gasteiger partial charge in [0.2, 0.25) is 0 Å². The second-order valence-corrected chi connectivity index (χ2v) is 5.35. The molecule has 1 saturated carbocycles. The van der Waals surface area contributed by atoms with Gasteiger partial charge in [-0.2, -0.15) is 0 Å². The third-order valence-electron chi connectivity index (χ3n) is 2.94. The van der Waals surface area contributed by atoms with E-state index in [1.165, 1.54) is 5.56 Å². The van der Waals surface area contributed by atoms with Crippen molar-refractivity contribution in [2.75, 3.05) is 13.1 Å². The molecule has 0 aromatic heterocycles. The molecule has 0 atom stereocenters. The van der Waals surface area contributed by atoms with Crippen molar-refractivity contribution in [3.05, 3.63) is 33.8 Å². The molecule has 1 fully saturated rings. The topological polar surface area (TPSA) is 38.0 Å². The smallest absolute Gasteiger partial charge is 0.0595 e. The van der Waals surface area contributed by atoms with Crippen molar-refractivity contribution < 1.29 is 0 Å². The average molecular weight is 259 g/mol. The molecule has 0 heterocycles. The van der Waals surface area contributed by atoms with Gasteiger partial charge < -0.3 is 11.1 Å². The Balaban J connectivity index is 1.74. The van der Waals surface area contributed by atoms with Gasteiger partial charge in [0.05, 0.1) is 10.0 Å². The van der Waals surface area contributed by atoms with Crippen molar-refractivity contribution in [3.63, 3.8) is 0 Å². The SMILES string of the molecule is NC1(CNCCc2ccc(Cl)c(Cl)c2)CC1. The molecule has 1 aliphatic carbocycles. The molecule has 1 aromatic carbocycles. The lowest BCUT2D eigenvalue weighted by Crippen LogP contribution is -2.36. The summed E-state index contributed by atoms with van der Waals surface area (Å²) < 4.78 is 0. The van der Waals surface area contributed by atoms with E-state index in [1.807, 2.05) is 18.2 Å². The van der Waals surface area contributed by atoms with E-state index < -0.39 is 0 Å². The molecule has 3 N–H and O–H groups in total. The lowest BCUT2D eigenvalue weighted by Gasteiger charge is -2.10. The lowest BCUT2D eigenvalue weighted by molar-refractivity contribution is 0.571. The minimum Gasteiger partial charge on any atom is -0.324 e. The van der Waals surface area contributed by atoms with Crippen molar-refractivity contribution in [2.24, 2.45) is 5.73 Å². The maximum Gasteiger partial charge on any atom is 0.0595 e. The minimum absolute atomic E-state index is 0.0810. The summed E-state index contributed by atoms with van der Waals surface area (Å²) >= 11 is 11.8. The van der Waals surface area contributed by atoms with E-state index >= 15 is 0 Å². The van der Waals surface area contributed by atoms with Crippen LogP contribution in [0.15, 0.2) is 18.2 Å². The first-order chi connectivity index (χ1) is 7.59. The number of nitrogens with two attached hydrogens (primary N) is 1. The fraction of sp³-hybridized carbons (Fsp3) is 0.500. The molecule has 0 spiro atoms. The van der Waals surface area contributed by atoms with Gasteiger partial charge in [0.1, 0.15) is 0 Å². The number of rotatable bonds is 5. The number of hydrogen-bond acceptors (Lipinski definition) is 2. The first-order valence-electron chi connectivity index (χ1n) is 5.53. The minimum atomic E-state index is 0.0810. The molecule has 16 heavy (non-hydrogen) atoms. The zero-order valence-corrected chi connectivity index (χ0v) is 10.6. The molecule has 0 saturated heterocycles. The first-order valence-corrected chi connectivity index (χ1v) is 6.28. The standard InChI is InChI=1S/C12H16Cl2N2/c13-10-2-1-9(7-11(10)14)3-6-16-8-12(15)4-5-12/h1-2,7,16H,3-6,8,15H2.